The first-order valence-electron chi connectivity index (χ1n) is 7.39. The van der Waals surface area contributed by atoms with Crippen molar-refractivity contribution >= 4 is 5.91 Å². The lowest BCUT2D eigenvalue weighted by molar-refractivity contribution is -0.156. The molecule has 2 atom stereocenters. The van der Waals surface area contributed by atoms with Gasteiger partial charge in [-0.15, -0.1) is 0 Å². The molecule has 2 fully saturated rings. The van der Waals surface area contributed by atoms with Crippen LogP contribution in [0, 0.1) is 5.92 Å². The number of rotatable bonds is 3. The summed E-state index contributed by atoms with van der Waals surface area (Å²) in [7, 11) is 0. The molecule has 4 heteroatoms. The van der Waals surface area contributed by atoms with E-state index in [-0.39, 0.29) is 30.6 Å². The smallest absolute Gasteiger partial charge is 0.226 e. The molecule has 108 valence electrons. The van der Waals surface area contributed by atoms with Gasteiger partial charge in [0.05, 0.1) is 19.3 Å². The van der Waals surface area contributed by atoms with E-state index in [9.17, 15) is 9.90 Å². The lowest BCUT2D eigenvalue weighted by atomic mass is 9.83. The number of aliphatic hydroxyl groups excluding tert-OH is 1. The average Bonchev–Trinajstić information content (AvgIpc) is 2.45. The summed E-state index contributed by atoms with van der Waals surface area (Å²) in [6, 6.07) is 9.73. The van der Waals surface area contributed by atoms with Gasteiger partial charge >= 0.3 is 0 Å². The van der Waals surface area contributed by atoms with Crippen LogP contribution in [0.3, 0.4) is 0 Å². The zero-order valence-corrected chi connectivity index (χ0v) is 11.6. The van der Waals surface area contributed by atoms with E-state index in [2.05, 4.69) is 0 Å². The molecule has 20 heavy (non-hydrogen) atoms. The Morgan fingerprint density at radius 2 is 2.05 bits per heavy atom. The van der Waals surface area contributed by atoms with Crippen molar-refractivity contribution in [1.82, 2.24) is 4.90 Å². The Hall–Kier alpha value is -1.39. The highest BCUT2D eigenvalue weighted by Gasteiger charge is 2.39. The van der Waals surface area contributed by atoms with Crippen LogP contribution in [0.15, 0.2) is 30.3 Å². The van der Waals surface area contributed by atoms with Gasteiger partial charge in [0.25, 0.3) is 0 Å². The summed E-state index contributed by atoms with van der Waals surface area (Å²) in [6.07, 6.45) is 2.83. The third kappa shape index (κ3) is 2.45. The molecule has 1 saturated heterocycles. The fourth-order valence-corrected chi connectivity index (χ4v) is 3.07. The van der Waals surface area contributed by atoms with Crippen LogP contribution in [0.2, 0.25) is 0 Å². The third-order valence-corrected chi connectivity index (χ3v) is 4.41. The number of ether oxygens (including phenoxy) is 1. The van der Waals surface area contributed by atoms with Gasteiger partial charge in [-0.25, -0.2) is 0 Å². The van der Waals surface area contributed by atoms with Gasteiger partial charge in [-0.3, -0.25) is 4.79 Å². The van der Waals surface area contributed by atoms with Crippen molar-refractivity contribution in [1.29, 1.82) is 0 Å². The van der Waals surface area contributed by atoms with E-state index >= 15 is 0 Å². The van der Waals surface area contributed by atoms with Crippen molar-refractivity contribution in [3.8, 4) is 0 Å². The van der Waals surface area contributed by atoms with Crippen LogP contribution in [0.5, 0.6) is 0 Å². The second kappa shape index (κ2) is 5.94. The van der Waals surface area contributed by atoms with Crippen molar-refractivity contribution in [3.05, 3.63) is 35.9 Å². The number of hydrogen-bond donors (Lipinski definition) is 1. The number of aliphatic hydroxyl groups is 1. The van der Waals surface area contributed by atoms with Gasteiger partial charge in [-0.05, 0) is 18.4 Å². The van der Waals surface area contributed by atoms with Crippen molar-refractivity contribution in [2.75, 3.05) is 19.8 Å². The summed E-state index contributed by atoms with van der Waals surface area (Å²) in [6.45, 7) is 1.06. The van der Waals surface area contributed by atoms with E-state index in [1.54, 1.807) is 0 Å². The molecule has 1 aliphatic heterocycles. The van der Waals surface area contributed by atoms with Gasteiger partial charge < -0.3 is 14.7 Å². The zero-order chi connectivity index (χ0) is 13.9. The van der Waals surface area contributed by atoms with Crippen LogP contribution in [-0.2, 0) is 9.53 Å². The van der Waals surface area contributed by atoms with Crippen molar-refractivity contribution in [3.63, 3.8) is 0 Å². The lowest BCUT2D eigenvalue weighted by Crippen LogP contribution is -2.51. The molecule has 1 heterocycles. The summed E-state index contributed by atoms with van der Waals surface area (Å²) in [5, 5.41) is 9.57. The highest BCUT2D eigenvalue weighted by atomic mass is 16.5. The number of morpholine rings is 1. The highest BCUT2D eigenvalue weighted by molar-refractivity contribution is 5.80. The quantitative estimate of drug-likeness (QED) is 0.914. The SMILES string of the molecule is O=C(C1CCC1)N1CCO[C@H](CO)[C@H]1c1ccccc1. The molecule has 1 saturated carbocycles. The van der Waals surface area contributed by atoms with Gasteiger partial charge in [0, 0.05) is 12.5 Å². The molecule has 3 rings (SSSR count). The normalized spacial score (nSPS) is 27.1. The fraction of sp³-hybridized carbons (Fsp3) is 0.562. The van der Waals surface area contributed by atoms with E-state index in [1.807, 2.05) is 35.2 Å². The highest BCUT2D eigenvalue weighted by Crippen LogP contribution is 2.35. The zero-order valence-electron chi connectivity index (χ0n) is 11.6. The largest absolute Gasteiger partial charge is 0.394 e. The number of nitrogens with zero attached hydrogens (tertiary/aromatic N) is 1. The number of benzene rings is 1. The molecule has 4 nitrogen and oxygen atoms in total. The minimum absolute atomic E-state index is 0.0615. The fourth-order valence-electron chi connectivity index (χ4n) is 3.07. The summed E-state index contributed by atoms with van der Waals surface area (Å²) in [5.74, 6) is 0.408. The second-order valence-corrected chi connectivity index (χ2v) is 5.61. The Labute approximate surface area is 119 Å². The molecule has 0 unspecified atom stereocenters. The molecule has 1 amide bonds. The molecule has 1 aromatic carbocycles. The first kappa shape index (κ1) is 13.6. The Balaban J connectivity index is 1.87. The first-order chi connectivity index (χ1) is 9.81. The topological polar surface area (TPSA) is 49.8 Å². The monoisotopic (exact) mass is 275 g/mol. The minimum atomic E-state index is -0.324. The first-order valence-corrected chi connectivity index (χ1v) is 7.39. The molecule has 0 bridgehead atoms. The summed E-state index contributed by atoms with van der Waals surface area (Å²) >= 11 is 0. The predicted molar refractivity (Wildman–Crippen MR) is 75.1 cm³/mol. The lowest BCUT2D eigenvalue weighted by Gasteiger charge is -2.43. The van der Waals surface area contributed by atoms with E-state index < -0.39 is 0 Å². The molecule has 1 aromatic rings. The standard InChI is InChI=1S/C16H21NO3/c18-11-14-15(12-5-2-1-3-6-12)17(9-10-20-14)16(19)13-7-4-8-13/h1-3,5-6,13-15,18H,4,7-11H2/t14-,15-/m1/s1. The summed E-state index contributed by atoms with van der Waals surface area (Å²) in [5.41, 5.74) is 1.04. The maximum atomic E-state index is 12.6. The molecular formula is C16H21NO3. The van der Waals surface area contributed by atoms with Crippen molar-refractivity contribution in [2.45, 2.75) is 31.4 Å². The summed E-state index contributed by atoms with van der Waals surface area (Å²) < 4.78 is 5.66. The molecule has 1 N–H and O–H groups in total. The van der Waals surface area contributed by atoms with E-state index in [0.29, 0.717) is 13.2 Å². The number of amides is 1. The van der Waals surface area contributed by atoms with Crippen LogP contribution >= 0.6 is 0 Å². The number of hydrogen-bond acceptors (Lipinski definition) is 3. The Morgan fingerprint density at radius 1 is 1.30 bits per heavy atom. The molecule has 2 aliphatic rings. The molecule has 0 radical (unpaired) electrons. The average molecular weight is 275 g/mol. The molecule has 1 aliphatic carbocycles. The third-order valence-electron chi connectivity index (χ3n) is 4.41. The second-order valence-electron chi connectivity index (χ2n) is 5.61. The van der Waals surface area contributed by atoms with Gasteiger partial charge in [0.15, 0.2) is 0 Å². The summed E-state index contributed by atoms with van der Waals surface area (Å²) in [4.78, 5) is 14.5. The van der Waals surface area contributed by atoms with Crippen LogP contribution in [0.1, 0.15) is 30.9 Å². The Morgan fingerprint density at radius 3 is 2.65 bits per heavy atom. The van der Waals surface area contributed by atoms with E-state index in [4.69, 9.17) is 4.74 Å². The van der Waals surface area contributed by atoms with Gasteiger partial charge in [-0.1, -0.05) is 36.8 Å². The maximum absolute atomic E-state index is 12.6. The van der Waals surface area contributed by atoms with Crippen LogP contribution < -0.4 is 0 Å². The maximum Gasteiger partial charge on any atom is 0.226 e. The Bertz CT molecular complexity index is 458. The molecule has 0 aromatic heterocycles. The van der Waals surface area contributed by atoms with E-state index in [0.717, 1.165) is 24.8 Å². The van der Waals surface area contributed by atoms with Crippen molar-refractivity contribution in [2.24, 2.45) is 5.92 Å². The number of carbonyl (C=O) groups is 1. The van der Waals surface area contributed by atoms with E-state index in [1.165, 1.54) is 0 Å². The van der Waals surface area contributed by atoms with Crippen LogP contribution in [-0.4, -0.2) is 41.8 Å². The Kier molecular flexibility index (Phi) is 4.03. The van der Waals surface area contributed by atoms with Crippen molar-refractivity contribution < 1.29 is 14.6 Å². The minimum Gasteiger partial charge on any atom is -0.394 e. The molecular weight excluding hydrogens is 254 g/mol. The van der Waals surface area contributed by atoms with Crippen LogP contribution in [0.25, 0.3) is 0 Å². The van der Waals surface area contributed by atoms with Crippen LogP contribution in [0.4, 0.5) is 0 Å². The predicted octanol–water partition coefficient (Wildman–Crippen LogP) is 1.75. The van der Waals surface area contributed by atoms with Gasteiger partial charge in [-0.2, -0.15) is 0 Å². The van der Waals surface area contributed by atoms with Gasteiger partial charge in [0.2, 0.25) is 5.91 Å². The molecule has 0 spiro atoms. The number of carbonyl (C=O) groups excluding carboxylic acids is 1. The van der Waals surface area contributed by atoms with Gasteiger partial charge in [0.1, 0.15) is 6.10 Å².